The van der Waals surface area contributed by atoms with Gasteiger partial charge in [-0.05, 0) is 18.2 Å². The third-order valence-electron chi connectivity index (χ3n) is 2.37. The zero-order chi connectivity index (χ0) is 14.2. The Morgan fingerprint density at radius 1 is 1.05 bits per heavy atom. The van der Waals surface area contributed by atoms with E-state index in [0.717, 1.165) is 6.20 Å². The molecule has 0 radical (unpaired) electrons. The summed E-state index contributed by atoms with van der Waals surface area (Å²) in [5.41, 5.74) is 0.780. The largest absolute Gasteiger partial charge is 0.478 e. The highest BCUT2D eigenvalue weighted by Crippen LogP contribution is 2.38. The van der Waals surface area contributed by atoms with Gasteiger partial charge >= 0.3 is 5.97 Å². The van der Waals surface area contributed by atoms with E-state index in [1.807, 2.05) is 0 Å². The van der Waals surface area contributed by atoms with Gasteiger partial charge in [0.1, 0.15) is 5.15 Å². The van der Waals surface area contributed by atoms with Crippen LogP contribution in [0.3, 0.4) is 0 Å². The number of carbonyl (C=O) groups is 1. The van der Waals surface area contributed by atoms with Gasteiger partial charge in [0.15, 0.2) is 0 Å². The van der Waals surface area contributed by atoms with E-state index < -0.39 is 5.97 Å². The molecule has 0 atom stereocenters. The summed E-state index contributed by atoms with van der Waals surface area (Å²) in [5.74, 6) is -1.12. The molecule has 19 heavy (non-hydrogen) atoms. The van der Waals surface area contributed by atoms with Crippen molar-refractivity contribution in [2.45, 2.75) is 0 Å². The smallest absolute Gasteiger partial charge is 0.337 e. The molecule has 1 N–H and O–H groups in total. The summed E-state index contributed by atoms with van der Waals surface area (Å²) in [7, 11) is 0. The minimum Gasteiger partial charge on any atom is -0.478 e. The molecular weight excluding hydrogens is 332 g/mol. The maximum Gasteiger partial charge on any atom is 0.337 e. The SMILES string of the molecule is O=C(O)c1cnc(Cl)c(-c2cc(Cl)cc(Cl)c2Cl)c1. The highest BCUT2D eigenvalue weighted by Gasteiger charge is 2.15. The van der Waals surface area contributed by atoms with Gasteiger partial charge in [-0.3, -0.25) is 0 Å². The second-order valence-electron chi connectivity index (χ2n) is 3.62. The van der Waals surface area contributed by atoms with Crippen molar-refractivity contribution in [3.05, 3.63) is 50.2 Å². The quantitative estimate of drug-likeness (QED) is 0.616. The summed E-state index contributed by atoms with van der Waals surface area (Å²) in [6, 6.07) is 4.40. The summed E-state index contributed by atoms with van der Waals surface area (Å²) < 4.78 is 0. The van der Waals surface area contributed by atoms with Gasteiger partial charge < -0.3 is 5.11 Å². The van der Waals surface area contributed by atoms with E-state index in [4.69, 9.17) is 51.5 Å². The predicted molar refractivity (Wildman–Crippen MR) is 76.7 cm³/mol. The van der Waals surface area contributed by atoms with Gasteiger partial charge in [-0.15, -0.1) is 0 Å². The van der Waals surface area contributed by atoms with E-state index in [1.165, 1.54) is 12.1 Å². The third kappa shape index (κ3) is 2.95. The maximum atomic E-state index is 10.9. The summed E-state index contributed by atoms with van der Waals surface area (Å²) in [5, 5.41) is 9.92. The molecular formula is C12H5Cl4NO2. The lowest BCUT2D eigenvalue weighted by Gasteiger charge is -2.09. The van der Waals surface area contributed by atoms with E-state index in [0.29, 0.717) is 16.1 Å². The van der Waals surface area contributed by atoms with Crippen molar-refractivity contribution < 1.29 is 9.90 Å². The van der Waals surface area contributed by atoms with Gasteiger partial charge in [-0.1, -0.05) is 46.4 Å². The fourth-order valence-corrected chi connectivity index (χ4v) is 2.42. The van der Waals surface area contributed by atoms with Crippen molar-refractivity contribution in [1.82, 2.24) is 4.98 Å². The first-order valence-electron chi connectivity index (χ1n) is 4.94. The topological polar surface area (TPSA) is 50.2 Å². The van der Waals surface area contributed by atoms with E-state index in [-0.39, 0.29) is 20.8 Å². The summed E-state index contributed by atoms with van der Waals surface area (Å²) >= 11 is 23.9. The second-order valence-corrected chi connectivity index (χ2v) is 5.20. The highest BCUT2D eigenvalue weighted by atomic mass is 35.5. The molecule has 0 aliphatic heterocycles. The van der Waals surface area contributed by atoms with Crippen molar-refractivity contribution >= 4 is 52.4 Å². The molecule has 1 aromatic carbocycles. The zero-order valence-electron chi connectivity index (χ0n) is 9.12. The minimum absolute atomic E-state index is 0.00781. The van der Waals surface area contributed by atoms with Gasteiger partial charge in [0.2, 0.25) is 0 Å². The van der Waals surface area contributed by atoms with Gasteiger partial charge in [0.05, 0.1) is 15.6 Å². The standard InChI is InChI=1S/C12H5Cl4NO2/c13-6-2-7(10(15)9(14)3-6)8-1-5(12(18)19)4-17-11(8)16/h1-4H,(H,18,19). The molecule has 1 aromatic heterocycles. The fourth-order valence-electron chi connectivity index (χ4n) is 1.51. The lowest BCUT2D eigenvalue weighted by atomic mass is 10.1. The van der Waals surface area contributed by atoms with Crippen LogP contribution in [0.2, 0.25) is 20.2 Å². The van der Waals surface area contributed by atoms with Gasteiger partial charge in [0, 0.05) is 22.3 Å². The Bertz CT molecular complexity index is 673. The Kier molecular flexibility index (Phi) is 4.21. The lowest BCUT2D eigenvalue weighted by Crippen LogP contribution is -1.98. The third-order valence-corrected chi connectivity index (χ3v) is 3.69. The predicted octanol–water partition coefficient (Wildman–Crippen LogP) is 5.06. The Balaban J connectivity index is 2.71. The average Bonchev–Trinajstić information content (AvgIpc) is 2.34. The van der Waals surface area contributed by atoms with Crippen LogP contribution in [-0.4, -0.2) is 16.1 Å². The molecule has 0 unspecified atom stereocenters. The van der Waals surface area contributed by atoms with Crippen LogP contribution in [0.1, 0.15) is 10.4 Å². The highest BCUT2D eigenvalue weighted by molar-refractivity contribution is 6.45. The number of aromatic carboxylic acids is 1. The molecule has 0 aliphatic carbocycles. The molecule has 0 saturated carbocycles. The minimum atomic E-state index is -1.12. The van der Waals surface area contributed by atoms with Crippen LogP contribution in [0.4, 0.5) is 0 Å². The molecule has 7 heteroatoms. The summed E-state index contributed by atoms with van der Waals surface area (Å²) in [6.07, 6.45) is 1.16. The molecule has 0 spiro atoms. The first-order chi connectivity index (χ1) is 8.90. The van der Waals surface area contributed by atoms with E-state index in [2.05, 4.69) is 4.98 Å². The fraction of sp³-hybridized carbons (Fsp3) is 0. The average molecular weight is 337 g/mol. The van der Waals surface area contributed by atoms with Crippen molar-refractivity contribution in [2.24, 2.45) is 0 Å². The number of pyridine rings is 1. The van der Waals surface area contributed by atoms with Crippen molar-refractivity contribution in [1.29, 1.82) is 0 Å². The number of aromatic nitrogens is 1. The molecule has 1 heterocycles. The number of halogens is 4. The van der Waals surface area contributed by atoms with Crippen LogP contribution in [0.5, 0.6) is 0 Å². The van der Waals surface area contributed by atoms with Crippen LogP contribution in [0, 0.1) is 0 Å². The van der Waals surface area contributed by atoms with Gasteiger partial charge in [0.25, 0.3) is 0 Å². The number of hydrogen-bond acceptors (Lipinski definition) is 2. The van der Waals surface area contributed by atoms with Crippen LogP contribution < -0.4 is 0 Å². The number of carboxylic acid groups (broad SMARTS) is 1. The molecule has 2 aromatic rings. The van der Waals surface area contributed by atoms with Crippen molar-refractivity contribution in [2.75, 3.05) is 0 Å². The molecule has 2 rings (SSSR count). The van der Waals surface area contributed by atoms with Crippen molar-refractivity contribution in [3.63, 3.8) is 0 Å². The van der Waals surface area contributed by atoms with E-state index >= 15 is 0 Å². The Hall–Kier alpha value is -1.000. The van der Waals surface area contributed by atoms with E-state index in [1.54, 1.807) is 6.07 Å². The number of rotatable bonds is 2. The zero-order valence-corrected chi connectivity index (χ0v) is 12.1. The monoisotopic (exact) mass is 335 g/mol. The number of benzene rings is 1. The lowest BCUT2D eigenvalue weighted by molar-refractivity contribution is 0.0696. The molecule has 98 valence electrons. The molecule has 0 aliphatic rings. The van der Waals surface area contributed by atoms with Crippen LogP contribution in [-0.2, 0) is 0 Å². The molecule has 0 fully saturated rings. The number of carboxylic acids is 1. The van der Waals surface area contributed by atoms with Crippen LogP contribution >= 0.6 is 46.4 Å². The van der Waals surface area contributed by atoms with Crippen molar-refractivity contribution in [3.8, 4) is 11.1 Å². The first kappa shape index (κ1) is 14.4. The van der Waals surface area contributed by atoms with Gasteiger partial charge in [-0.2, -0.15) is 0 Å². The maximum absolute atomic E-state index is 10.9. The Morgan fingerprint density at radius 3 is 2.37 bits per heavy atom. The number of nitrogens with zero attached hydrogens (tertiary/aromatic N) is 1. The Morgan fingerprint density at radius 2 is 1.74 bits per heavy atom. The van der Waals surface area contributed by atoms with Gasteiger partial charge in [-0.25, -0.2) is 9.78 Å². The molecule has 0 amide bonds. The molecule has 3 nitrogen and oxygen atoms in total. The Labute approximate surface area is 128 Å². The van der Waals surface area contributed by atoms with Crippen LogP contribution in [0.25, 0.3) is 11.1 Å². The first-order valence-corrected chi connectivity index (χ1v) is 6.45. The van der Waals surface area contributed by atoms with E-state index in [9.17, 15) is 4.79 Å². The second kappa shape index (κ2) is 5.55. The molecule has 0 bridgehead atoms. The van der Waals surface area contributed by atoms with Crippen LogP contribution in [0.15, 0.2) is 24.4 Å². The normalized spacial score (nSPS) is 10.5. The number of hydrogen-bond donors (Lipinski definition) is 1. The summed E-state index contributed by atoms with van der Waals surface area (Å²) in [4.78, 5) is 14.8. The molecule has 0 saturated heterocycles. The summed E-state index contributed by atoms with van der Waals surface area (Å²) in [6.45, 7) is 0.